The summed E-state index contributed by atoms with van der Waals surface area (Å²) in [5, 5.41) is 1.75. The molecule has 0 bridgehead atoms. The van der Waals surface area contributed by atoms with Crippen molar-refractivity contribution in [2.24, 2.45) is 0 Å². The average molecular weight is 362 g/mol. The van der Waals surface area contributed by atoms with Gasteiger partial charge in [0, 0.05) is 24.1 Å². The molecule has 5 nitrogen and oxygen atoms in total. The van der Waals surface area contributed by atoms with Crippen molar-refractivity contribution >= 4 is 34.3 Å². The van der Waals surface area contributed by atoms with Crippen LogP contribution in [0.1, 0.15) is 5.69 Å². The number of pyridine rings is 1. The lowest BCUT2D eigenvalue weighted by Crippen LogP contribution is -2.25. The molecule has 3 aromatic rings. The van der Waals surface area contributed by atoms with Gasteiger partial charge in [0.1, 0.15) is 0 Å². The molecule has 0 radical (unpaired) electrons. The Morgan fingerprint density at radius 2 is 2.17 bits per heavy atom. The molecule has 7 heteroatoms. The summed E-state index contributed by atoms with van der Waals surface area (Å²) in [4.78, 5) is 21.7. The maximum atomic E-state index is 12.8. The normalized spacial score (nSPS) is 11.1. The first-order chi connectivity index (χ1) is 11.7. The highest BCUT2D eigenvalue weighted by Gasteiger charge is 2.12. The van der Waals surface area contributed by atoms with Gasteiger partial charge in [-0.3, -0.25) is 14.3 Å². The zero-order valence-electron chi connectivity index (χ0n) is 13.1. The molecule has 124 valence electrons. The number of thioether (sulfide) groups is 1. The molecular formula is C17H16ClN3O2S. The van der Waals surface area contributed by atoms with Crippen LogP contribution in [0.3, 0.4) is 0 Å². The van der Waals surface area contributed by atoms with E-state index in [-0.39, 0.29) is 5.56 Å². The smallest absolute Gasteiger partial charge is 0.262 e. The largest absolute Gasteiger partial charge is 0.383 e. The highest BCUT2D eigenvalue weighted by Crippen LogP contribution is 2.22. The van der Waals surface area contributed by atoms with Crippen LogP contribution in [0.25, 0.3) is 10.9 Å². The Morgan fingerprint density at radius 1 is 1.29 bits per heavy atom. The zero-order chi connectivity index (χ0) is 16.9. The van der Waals surface area contributed by atoms with Gasteiger partial charge in [-0.2, -0.15) is 0 Å². The van der Waals surface area contributed by atoms with Crippen LogP contribution in [0.2, 0.25) is 5.02 Å². The lowest BCUT2D eigenvalue weighted by Gasteiger charge is -2.12. The molecule has 0 atom stereocenters. The number of ether oxygens (including phenoxy) is 1. The number of aromatic nitrogens is 3. The van der Waals surface area contributed by atoms with Gasteiger partial charge < -0.3 is 4.74 Å². The molecule has 0 unspecified atom stereocenters. The van der Waals surface area contributed by atoms with Gasteiger partial charge in [-0.15, -0.1) is 0 Å². The molecule has 0 N–H and O–H groups in total. The lowest BCUT2D eigenvalue weighted by atomic mass is 10.2. The van der Waals surface area contributed by atoms with Gasteiger partial charge in [-0.25, -0.2) is 4.98 Å². The maximum absolute atomic E-state index is 12.8. The molecule has 0 amide bonds. The summed E-state index contributed by atoms with van der Waals surface area (Å²) in [5.74, 6) is 0.631. The van der Waals surface area contributed by atoms with E-state index >= 15 is 0 Å². The van der Waals surface area contributed by atoms with Crippen molar-refractivity contribution in [1.82, 2.24) is 14.5 Å². The lowest BCUT2D eigenvalue weighted by molar-refractivity contribution is 0.183. The summed E-state index contributed by atoms with van der Waals surface area (Å²) in [5.41, 5.74) is 1.45. The van der Waals surface area contributed by atoms with Crippen LogP contribution in [0.5, 0.6) is 0 Å². The molecule has 1 aromatic carbocycles. The van der Waals surface area contributed by atoms with E-state index in [1.165, 1.54) is 11.8 Å². The first kappa shape index (κ1) is 17.0. The molecule has 3 rings (SSSR count). The first-order valence-electron chi connectivity index (χ1n) is 7.41. The molecule has 0 saturated carbocycles. The van der Waals surface area contributed by atoms with Crippen LogP contribution < -0.4 is 5.56 Å². The minimum atomic E-state index is -0.0859. The standard InChI is InChI=1S/C17H16ClN3O2S/c1-23-9-8-21-16(22)14-6-5-12(18)10-15(14)20-17(21)24-11-13-4-2-3-7-19-13/h2-7,10H,8-9,11H2,1H3. The van der Waals surface area contributed by atoms with E-state index in [9.17, 15) is 4.79 Å². The van der Waals surface area contributed by atoms with E-state index in [1.807, 2.05) is 18.2 Å². The van der Waals surface area contributed by atoms with Gasteiger partial charge in [-0.05, 0) is 30.3 Å². The zero-order valence-corrected chi connectivity index (χ0v) is 14.7. The number of halogens is 1. The molecular weight excluding hydrogens is 346 g/mol. The van der Waals surface area contributed by atoms with E-state index < -0.39 is 0 Å². The Kier molecular flexibility index (Phi) is 5.50. The van der Waals surface area contributed by atoms with Crippen molar-refractivity contribution in [3.05, 3.63) is 63.7 Å². The van der Waals surface area contributed by atoms with Crippen molar-refractivity contribution in [2.45, 2.75) is 17.5 Å². The third kappa shape index (κ3) is 3.77. The summed E-state index contributed by atoms with van der Waals surface area (Å²) in [6.45, 7) is 0.892. The Hall–Kier alpha value is -1.89. The van der Waals surface area contributed by atoms with Crippen molar-refractivity contribution in [2.75, 3.05) is 13.7 Å². The van der Waals surface area contributed by atoms with Crippen LogP contribution in [-0.4, -0.2) is 28.3 Å². The minimum Gasteiger partial charge on any atom is -0.383 e. The van der Waals surface area contributed by atoms with Gasteiger partial charge >= 0.3 is 0 Å². The van der Waals surface area contributed by atoms with E-state index in [4.69, 9.17) is 16.3 Å². The second kappa shape index (κ2) is 7.79. The first-order valence-corrected chi connectivity index (χ1v) is 8.77. The summed E-state index contributed by atoms with van der Waals surface area (Å²) in [6, 6.07) is 10.9. The number of hydrogen-bond donors (Lipinski definition) is 0. The van der Waals surface area contributed by atoms with Gasteiger partial charge in [-0.1, -0.05) is 29.4 Å². The molecule has 0 aliphatic heterocycles. The minimum absolute atomic E-state index is 0.0859. The van der Waals surface area contributed by atoms with Crippen molar-refractivity contribution < 1.29 is 4.74 Å². The van der Waals surface area contributed by atoms with Crippen LogP contribution >= 0.6 is 23.4 Å². The van der Waals surface area contributed by atoms with Gasteiger partial charge in [0.25, 0.3) is 5.56 Å². The number of nitrogens with zero attached hydrogens (tertiary/aromatic N) is 3. The van der Waals surface area contributed by atoms with Crippen LogP contribution in [0.4, 0.5) is 0 Å². The average Bonchev–Trinajstić information content (AvgIpc) is 2.60. The molecule has 0 saturated heterocycles. The summed E-state index contributed by atoms with van der Waals surface area (Å²) in [6.07, 6.45) is 1.75. The second-order valence-electron chi connectivity index (χ2n) is 5.12. The SMILES string of the molecule is COCCn1c(SCc2ccccn2)nc2cc(Cl)ccc2c1=O. The fourth-order valence-electron chi connectivity index (χ4n) is 2.29. The predicted molar refractivity (Wildman–Crippen MR) is 96.7 cm³/mol. The fourth-order valence-corrected chi connectivity index (χ4v) is 3.39. The second-order valence-corrected chi connectivity index (χ2v) is 6.49. The van der Waals surface area contributed by atoms with Crippen molar-refractivity contribution in [3.63, 3.8) is 0 Å². The summed E-state index contributed by atoms with van der Waals surface area (Å²) in [7, 11) is 1.61. The molecule has 0 aliphatic rings. The van der Waals surface area contributed by atoms with Crippen LogP contribution in [-0.2, 0) is 17.0 Å². The molecule has 0 fully saturated rings. The third-order valence-electron chi connectivity index (χ3n) is 3.48. The fraction of sp³-hybridized carbons (Fsp3) is 0.235. The monoisotopic (exact) mass is 361 g/mol. The number of methoxy groups -OCH3 is 1. The molecule has 2 heterocycles. The van der Waals surface area contributed by atoms with Crippen molar-refractivity contribution in [1.29, 1.82) is 0 Å². The van der Waals surface area contributed by atoms with E-state index in [1.54, 1.807) is 36.1 Å². The van der Waals surface area contributed by atoms with E-state index in [2.05, 4.69) is 9.97 Å². The maximum Gasteiger partial charge on any atom is 0.262 e. The summed E-state index contributed by atoms with van der Waals surface area (Å²) >= 11 is 7.51. The Labute approximate surface area is 148 Å². The Morgan fingerprint density at radius 3 is 2.92 bits per heavy atom. The highest BCUT2D eigenvalue weighted by molar-refractivity contribution is 7.98. The Balaban J connectivity index is 2.01. The predicted octanol–water partition coefficient (Wildman–Crippen LogP) is 3.38. The molecule has 24 heavy (non-hydrogen) atoms. The van der Waals surface area contributed by atoms with Gasteiger partial charge in [0.15, 0.2) is 5.16 Å². The quantitative estimate of drug-likeness (QED) is 0.497. The number of benzene rings is 1. The van der Waals surface area contributed by atoms with Crippen LogP contribution in [0.15, 0.2) is 52.5 Å². The van der Waals surface area contributed by atoms with Gasteiger partial charge in [0.2, 0.25) is 0 Å². The third-order valence-corrected chi connectivity index (χ3v) is 4.72. The van der Waals surface area contributed by atoms with Crippen LogP contribution in [0, 0.1) is 0 Å². The van der Waals surface area contributed by atoms with E-state index in [0.717, 1.165) is 5.69 Å². The highest BCUT2D eigenvalue weighted by atomic mass is 35.5. The Bertz CT molecular complexity index is 899. The number of fused-ring (bicyclic) bond motifs is 1. The van der Waals surface area contributed by atoms with Gasteiger partial charge in [0.05, 0.1) is 29.7 Å². The van der Waals surface area contributed by atoms with Crippen molar-refractivity contribution in [3.8, 4) is 0 Å². The molecule has 2 aromatic heterocycles. The topological polar surface area (TPSA) is 57.0 Å². The van der Waals surface area contributed by atoms with E-state index in [0.29, 0.717) is 40.0 Å². The number of hydrogen-bond acceptors (Lipinski definition) is 5. The number of rotatable bonds is 6. The molecule has 0 aliphatic carbocycles. The molecule has 0 spiro atoms. The summed E-state index contributed by atoms with van der Waals surface area (Å²) < 4.78 is 6.77.